The quantitative estimate of drug-likeness (QED) is 0.843. The molecule has 0 aliphatic carbocycles. The average Bonchev–Trinajstić information content (AvgIpc) is 3.04. The molecule has 1 N–H and O–H groups in total. The summed E-state index contributed by atoms with van der Waals surface area (Å²) in [5.74, 6) is -1.25. The molecular formula is C20H28F3N3O2. The highest BCUT2D eigenvalue weighted by molar-refractivity contribution is 5.83. The van der Waals surface area contributed by atoms with Gasteiger partial charge in [-0.25, -0.2) is 4.79 Å². The van der Waals surface area contributed by atoms with Gasteiger partial charge in [0.05, 0.1) is 11.5 Å². The van der Waals surface area contributed by atoms with Crippen molar-refractivity contribution in [3.8, 4) is 0 Å². The molecule has 1 saturated heterocycles. The number of benzene rings is 1. The Balaban J connectivity index is 2.35. The third kappa shape index (κ3) is 5.17. The molecule has 28 heavy (non-hydrogen) atoms. The number of likely N-dealkylation sites (tertiary alicyclic amines) is 1. The van der Waals surface area contributed by atoms with Gasteiger partial charge in [0.25, 0.3) is 0 Å². The largest absolute Gasteiger partial charge is 0.416 e. The van der Waals surface area contributed by atoms with Gasteiger partial charge in [0.15, 0.2) is 0 Å². The number of hydrogen-bond acceptors (Lipinski definition) is 2. The van der Waals surface area contributed by atoms with E-state index in [9.17, 15) is 22.8 Å². The highest BCUT2D eigenvalue weighted by atomic mass is 19.4. The Morgan fingerprint density at radius 1 is 1.21 bits per heavy atom. The van der Waals surface area contributed by atoms with Crippen LogP contribution in [0, 0.1) is 5.92 Å². The normalized spacial score (nSPS) is 20.2. The molecule has 5 nitrogen and oxygen atoms in total. The number of urea groups is 1. The first-order chi connectivity index (χ1) is 12.8. The van der Waals surface area contributed by atoms with E-state index < -0.39 is 29.1 Å². The molecule has 1 fully saturated rings. The monoisotopic (exact) mass is 399 g/mol. The Labute approximate surface area is 163 Å². The van der Waals surface area contributed by atoms with E-state index in [1.807, 2.05) is 27.7 Å². The van der Waals surface area contributed by atoms with Crippen LogP contribution in [0.1, 0.15) is 44.7 Å². The first-order valence-electron chi connectivity index (χ1n) is 9.32. The van der Waals surface area contributed by atoms with Gasteiger partial charge in [-0.3, -0.25) is 4.79 Å². The van der Waals surface area contributed by atoms with Crippen LogP contribution in [-0.4, -0.2) is 54.0 Å². The maximum absolute atomic E-state index is 13.1. The van der Waals surface area contributed by atoms with Crippen molar-refractivity contribution in [2.75, 3.05) is 26.7 Å². The second-order valence-electron chi connectivity index (χ2n) is 8.27. The zero-order chi connectivity index (χ0) is 21.3. The van der Waals surface area contributed by atoms with Crippen molar-refractivity contribution in [3.63, 3.8) is 0 Å². The molecule has 0 radical (unpaired) electrons. The minimum atomic E-state index is -4.46. The summed E-state index contributed by atoms with van der Waals surface area (Å²) < 4.78 is 39.4. The number of halogens is 3. The first-order valence-corrected chi connectivity index (χ1v) is 9.32. The van der Waals surface area contributed by atoms with E-state index in [2.05, 4.69) is 5.32 Å². The molecule has 1 aliphatic heterocycles. The van der Waals surface area contributed by atoms with Gasteiger partial charge in [0.1, 0.15) is 0 Å². The van der Waals surface area contributed by atoms with Crippen LogP contribution in [0.5, 0.6) is 0 Å². The topological polar surface area (TPSA) is 52.7 Å². The molecule has 156 valence electrons. The zero-order valence-corrected chi connectivity index (χ0v) is 16.9. The van der Waals surface area contributed by atoms with Crippen molar-refractivity contribution in [3.05, 3.63) is 35.4 Å². The van der Waals surface area contributed by atoms with E-state index in [-0.39, 0.29) is 25.0 Å². The second-order valence-corrected chi connectivity index (χ2v) is 8.27. The SMILES string of the molecule is CCN(C)C(=O)[C@@H]1CN(C(=O)NC(C)(C)C)C[C@H]1c1cccc(C(F)(F)F)c1. The summed E-state index contributed by atoms with van der Waals surface area (Å²) in [5.41, 5.74) is -0.785. The number of nitrogens with one attached hydrogen (secondary N) is 1. The van der Waals surface area contributed by atoms with Crippen LogP contribution in [0.2, 0.25) is 0 Å². The summed E-state index contributed by atoms with van der Waals surface area (Å²) in [4.78, 5) is 28.5. The number of carbonyl (C=O) groups is 2. The maximum atomic E-state index is 13.1. The Morgan fingerprint density at radius 2 is 1.86 bits per heavy atom. The molecule has 1 aliphatic rings. The van der Waals surface area contributed by atoms with Crippen molar-refractivity contribution >= 4 is 11.9 Å². The van der Waals surface area contributed by atoms with Gasteiger partial charge >= 0.3 is 12.2 Å². The lowest BCUT2D eigenvalue weighted by molar-refractivity contribution is -0.137. The predicted octanol–water partition coefficient (Wildman–Crippen LogP) is 3.71. The summed E-state index contributed by atoms with van der Waals surface area (Å²) in [5, 5.41) is 2.85. The minimum Gasteiger partial charge on any atom is -0.346 e. The summed E-state index contributed by atoms with van der Waals surface area (Å²) in [6.07, 6.45) is -4.46. The fourth-order valence-electron chi connectivity index (χ4n) is 3.34. The van der Waals surface area contributed by atoms with Gasteiger partial charge in [0, 0.05) is 38.1 Å². The van der Waals surface area contributed by atoms with Gasteiger partial charge in [-0.1, -0.05) is 18.2 Å². The summed E-state index contributed by atoms with van der Waals surface area (Å²) in [7, 11) is 1.66. The van der Waals surface area contributed by atoms with Crippen LogP contribution in [0.3, 0.4) is 0 Å². The van der Waals surface area contributed by atoms with Crippen LogP contribution >= 0.6 is 0 Å². The molecular weight excluding hydrogens is 371 g/mol. The van der Waals surface area contributed by atoms with Crippen LogP contribution in [0.25, 0.3) is 0 Å². The highest BCUT2D eigenvalue weighted by Crippen LogP contribution is 2.37. The molecule has 0 bridgehead atoms. The molecule has 0 spiro atoms. The molecule has 0 unspecified atom stereocenters. The lowest BCUT2D eigenvalue weighted by Crippen LogP contribution is -2.48. The van der Waals surface area contributed by atoms with Crippen molar-refractivity contribution in [2.24, 2.45) is 5.92 Å². The number of rotatable bonds is 3. The van der Waals surface area contributed by atoms with Crippen LogP contribution < -0.4 is 5.32 Å². The molecule has 2 rings (SSSR count). The summed E-state index contributed by atoms with van der Waals surface area (Å²) >= 11 is 0. The number of carbonyl (C=O) groups excluding carboxylic acids is 2. The fourth-order valence-corrected chi connectivity index (χ4v) is 3.34. The van der Waals surface area contributed by atoms with Gasteiger partial charge in [0.2, 0.25) is 5.91 Å². The summed E-state index contributed by atoms with van der Waals surface area (Å²) in [6, 6.07) is 4.72. The van der Waals surface area contributed by atoms with E-state index in [0.29, 0.717) is 12.1 Å². The number of nitrogens with zero attached hydrogens (tertiary/aromatic N) is 2. The van der Waals surface area contributed by atoms with Crippen molar-refractivity contribution in [2.45, 2.75) is 45.3 Å². The van der Waals surface area contributed by atoms with Crippen molar-refractivity contribution < 1.29 is 22.8 Å². The Morgan fingerprint density at radius 3 is 2.39 bits per heavy atom. The molecule has 3 amide bonds. The Bertz CT molecular complexity index is 728. The molecule has 1 aromatic carbocycles. The van der Waals surface area contributed by atoms with Gasteiger partial charge < -0.3 is 15.1 Å². The molecule has 1 aromatic rings. The van der Waals surface area contributed by atoms with E-state index >= 15 is 0 Å². The van der Waals surface area contributed by atoms with E-state index in [0.717, 1.165) is 12.1 Å². The molecule has 2 atom stereocenters. The van der Waals surface area contributed by atoms with E-state index in [1.54, 1.807) is 13.1 Å². The smallest absolute Gasteiger partial charge is 0.346 e. The standard InChI is InChI=1S/C20H28F3N3O2/c1-6-25(5)17(27)16-12-26(18(28)24-19(2,3)4)11-15(16)13-8-7-9-14(10-13)20(21,22)23/h7-10,15-16H,6,11-12H2,1-5H3,(H,24,28)/t15-,16+/m0/s1. The molecule has 0 saturated carbocycles. The van der Waals surface area contributed by atoms with Gasteiger partial charge in [-0.05, 0) is 39.3 Å². The number of hydrogen-bond donors (Lipinski definition) is 1. The number of amides is 3. The fraction of sp³-hybridized carbons (Fsp3) is 0.600. The van der Waals surface area contributed by atoms with Gasteiger partial charge in [-0.2, -0.15) is 13.2 Å². The van der Waals surface area contributed by atoms with Crippen LogP contribution in [0.4, 0.5) is 18.0 Å². The summed E-state index contributed by atoms with van der Waals surface area (Å²) in [6.45, 7) is 8.22. The van der Waals surface area contributed by atoms with Crippen molar-refractivity contribution in [1.82, 2.24) is 15.1 Å². The number of alkyl halides is 3. The van der Waals surface area contributed by atoms with E-state index in [4.69, 9.17) is 0 Å². The van der Waals surface area contributed by atoms with Crippen LogP contribution in [0.15, 0.2) is 24.3 Å². The zero-order valence-electron chi connectivity index (χ0n) is 16.9. The average molecular weight is 399 g/mol. The molecule has 8 heteroatoms. The van der Waals surface area contributed by atoms with Crippen molar-refractivity contribution in [1.29, 1.82) is 0 Å². The maximum Gasteiger partial charge on any atom is 0.416 e. The Hall–Kier alpha value is -2.25. The predicted molar refractivity (Wildman–Crippen MR) is 101 cm³/mol. The highest BCUT2D eigenvalue weighted by Gasteiger charge is 2.42. The second kappa shape index (κ2) is 8.01. The molecule has 1 heterocycles. The first kappa shape index (κ1) is 22.0. The Kier molecular flexibility index (Phi) is 6.31. The van der Waals surface area contributed by atoms with Crippen LogP contribution in [-0.2, 0) is 11.0 Å². The van der Waals surface area contributed by atoms with Gasteiger partial charge in [-0.15, -0.1) is 0 Å². The van der Waals surface area contributed by atoms with E-state index in [1.165, 1.54) is 15.9 Å². The third-order valence-electron chi connectivity index (χ3n) is 4.90. The lowest BCUT2D eigenvalue weighted by atomic mass is 9.87. The third-order valence-corrected chi connectivity index (χ3v) is 4.90. The minimum absolute atomic E-state index is 0.170. The molecule has 0 aromatic heterocycles. The lowest BCUT2D eigenvalue weighted by Gasteiger charge is -2.25.